The summed E-state index contributed by atoms with van der Waals surface area (Å²) in [5, 5.41) is 8.58. The number of rotatable bonds is 4. The molecule has 0 saturated heterocycles. The predicted octanol–water partition coefficient (Wildman–Crippen LogP) is 2.61. The zero-order valence-corrected chi connectivity index (χ0v) is 14.8. The van der Waals surface area contributed by atoms with Crippen LogP contribution in [0.25, 0.3) is 21.9 Å². The second kappa shape index (κ2) is 6.64. The van der Waals surface area contributed by atoms with E-state index < -0.39 is 12.1 Å². The van der Waals surface area contributed by atoms with Crippen LogP contribution < -0.4 is 5.56 Å². The molecule has 2 aromatic heterocycles. The third kappa shape index (κ3) is 3.05. The SMILES string of the molecule is CCn1nnc2cc(C(=O)O[C@H](C)c3nc4ccccc4c(=O)[nH]3)ccc21. The molecule has 2 aromatic carbocycles. The molecule has 8 nitrogen and oxygen atoms in total. The van der Waals surface area contributed by atoms with Crippen molar-refractivity contribution in [3.63, 3.8) is 0 Å². The van der Waals surface area contributed by atoms with Gasteiger partial charge in [0.2, 0.25) is 0 Å². The van der Waals surface area contributed by atoms with Gasteiger partial charge in [-0.2, -0.15) is 0 Å². The van der Waals surface area contributed by atoms with E-state index >= 15 is 0 Å². The first-order valence-corrected chi connectivity index (χ1v) is 8.60. The molecule has 0 bridgehead atoms. The van der Waals surface area contributed by atoms with Crippen LogP contribution in [0.2, 0.25) is 0 Å². The third-order valence-corrected chi connectivity index (χ3v) is 4.35. The molecule has 0 radical (unpaired) electrons. The number of para-hydroxylation sites is 1. The topological polar surface area (TPSA) is 103 Å². The van der Waals surface area contributed by atoms with Gasteiger partial charge in [-0.1, -0.05) is 17.3 Å². The molecule has 136 valence electrons. The van der Waals surface area contributed by atoms with E-state index in [1.54, 1.807) is 54.1 Å². The number of carbonyl (C=O) groups is 1. The third-order valence-electron chi connectivity index (χ3n) is 4.35. The molecular weight excluding hydrogens is 346 g/mol. The van der Waals surface area contributed by atoms with Crippen LogP contribution in [0.5, 0.6) is 0 Å². The molecule has 1 N–H and O–H groups in total. The number of nitrogens with zero attached hydrogens (tertiary/aromatic N) is 4. The summed E-state index contributed by atoms with van der Waals surface area (Å²) < 4.78 is 7.23. The molecule has 0 spiro atoms. The minimum Gasteiger partial charge on any atom is -0.451 e. The Hall–Kier alpha value is -3.55. The number of aromatic amines is 1. The van der Waals surface area contributed by atoms with E-state index in [2.05, 4.69) is 20.3 Å². The lowest BCUT2D eigenvalue weighted by Crippen LogP contribution is -2.17. The van der Waals surface area contributed by atoms with Gasteiger partial charge in [0.15, 0.2) is 11.9 Å². The highest BCUT2D eigenvalue weighted by Gasteiger charge is 2.18. The molecule has 1 atom stereocenters. The number of carbonyl (C=O) groups excluding carboxylic acids is 1. The van der Waals surface area contributed by atoms with Crippen molar-refractivity contribution in [2.24, 2.45) is 0 Å². The van der Waals surface area contributed by atoms with Crippen LogP contribution >= 0.6 is 0 Å². The molecule has 0 aliphatic rings. The number of nitrogens with one attached hydrogen (secondary N) is 1. The van der Waals surface area contributed by atoms with Gasteiger partial charge in [0.1, 0.15) is 5.52 Å². The highest BCUT2D eigenvalue weighted by atomic mass is 16.5. The molecule has 0 unspecified atom stereocenters. The van der Waals surface area contributed by atoms with Crippen LogP contribution in [0.15, 0.2) is 47.3 Å². The molecule has 0 aliphatic carbocycles. The lowest BCUT2D eigenvalue weighted by Gasteiger charge is -2.13. The molecule has 0 fully saturated rings. The zero-order valence-electron chi connectivity index (χ0n) is 14.8. The maximum Gasteiger partial charge on any atom is 0.338 e. The van der Waals surface area contributed by atoms with Crippen molar-refractivity contribution in [3.05, 3.63) is 64.2 Å². The van der Waals surface area contributed by atoms with Crippen molar-refractivity contribution in [3.8, 4) is 0 Å². The van der Waals surface area contributed by atoms with Crippen molar-refractivity contribution in [1.29, 1.82) is 0 Å². The van der Waals surface area contributed by atoms with Crippen LogP contribution in [-0.4, -0.2) is 30.9 Å². The lowest BCUT2D eigenvalue weighted by atomic mass is 10.2. The van der Waals surface area contributed by atoms with E-state index in [1.165, 1.54) is 0 Å². The lowest BCUT2D eigenvalue weighted by molar-refractivity contribution is 0.0320. The molecule has 4 aromatic rings. The van der Waals surface area contributed by atoms with Crippen LogP contribution in [0, 0.1) is 0 Å². The number of hydrogen-bond donors (Lipinski definition) is 1. The highest BCUT2D eigenvalue weighted by molar-refractivity contribution is 5.93. The number of aromatic nitrogens is 5. The molecular formula is C19H17N5O3. The number of aryl methyl sites for hydroxylation is 1. The minimum atomic E-state index is -0.711. The Kier molecular flexibility index (Phi) is 4.15. The van der Waals surface area contributed by atoms with E-state index in [4.69, 9.17) is 4.74 Å². The fraction of sp³-hybridized carbons (Fsp3) is 0.211. The predicted molar refractivity (Wildman–Crippen MR) is 99.4 cm³/mol. The molecule has 0 saturated carbocycles. The Labute approximate surface area is 153 Å². The van der Waals surface area contributed by atoms with Crippen molar-refractivity contribution >= 4 is 27.9 Å². The van der Waals surface area contributed by atoms with Crippen molar-refractivity contribution in [2.75, 3.05) is 0 Å². The molecule has 4 rings (SSSR count). The Morgan fingerprint density at radius 2 is 2.04 bits per heavy atom. The Balaban J connectivity index is 1.60. The van der Waals surface area contributed by atoms with Crippen LogP contribution in [0.3, 0.4) is 0 Å². The summed E-state index contributed by atoms with van der Waals surface area (Å²) in [5.74, 6) is -0.226. The maximum absolute atomic E-state index is 12.5. The smallest absolute Gasteiger partial charge is 0.338 e. The van der Waals surface area contributed by atoms with Gasteiger partial charge in [-0.25, -0.2) is 14.5 Å². The summed E-state index contributed by atoms with van der Waals surface area (Å²) >= 11 is 0. The van der Waals surface area contributed by atoms with E-state index in [1.807, 2.05) is 6.92 Å². The molecule has 8 heteroatoms. The number of H-pyrrole nitrogens is 1. The number of hydrogen-bond acceptors (Lipinski definition) is 6. The summed E-state index contributed by atoms with van der Waals surface area (Å²) in [5.41, 5.74) is 2.12. The van der Waals surface area contributed by atoms with Crippen molar-refractivity contribution in [1.82, 2.24) is 25.0 Å². The van der Waals surface area contributed by atoms with Crippen molar-refractivity contribution in [2.45, 2.75) is 26.5 Å². The summed E-state index contributed by atoms with van der Waals surface area (Å²) in [7, 11) is 0. The first-order chi connectivity index (χ1) is 13.1. The molecule has 0 amide bonds. The van der Waals surface area contributed by atoms with Gasteiger partial charge in [-0.15, -0.1) is 5.10 Å². The fourth-order valence-electron chi connectivity index (χ4n) is 2.91. The quantitative estimate of drug-likeness (QED) is 0.559. The standard InChI is InChI=1S/C19H17N5O3/c1-3-24-16-9-8-12(10-15(16)22-23-24)19(26)27-11(2)17-20-14-7-5-4-6-13(14)18(25)21-17/h4-11H,3H2,1-2H3,(H,20,21,25)/t11-/m1/s1. The first-order valence-electron chi connectivity index (χ1n) is 8.60. The zero-order chi connectivity index (χ0) is 19.0. The monoisotopic (exact) mass is 363 g/mol. The number of esters is 1. The average Bonchev–Trinajstić information content (AvgIpc) is 3.10. The Morgan fingerprint density at radius 1 is 1.22 bits per heavy atom. The summed E-state index contributed by atoms with van der Waals surface area (Å²) in [4.78, 5) is 31.7. The van der Waals surface area contributed by atoms with Gasteiger partial charge >= 0.3 is 5.97 Å². The van der Waals surface area contributed by atoms with E-state index in [9.17, 15) is 9.59 Å². The summed E-state index contributed by atoms with van der Waals surface area (Å²) in [6, 6.07) is 12.1. The Morgan fingerprint density at radius 3 is 2.85 bits per heavy atom. The van der Waals surface area contributed by atoms with E-state index in [0.29, 0.717) is 34.4 Å². The fourth-order valence-corrected chi connectivity index (χ4v) is 2.91. The number of ether oxygens (including phenoxy) is 1. The second-order valence-electron chi connectivity index (χ2n) is 6.12. The van der Waals surface area contributed by atoms with E-state index in [0.717, 1.165) is 5.52 Å². The van der Waals surface area contributed by atoms with Gasteiger partial charge in [-0.05, 0) is 44.2 Å². The first kappa shape index (κ1) is 16.9. The van der Waals surface area contributed by atoms with Crippen molar-refractivity contribution < 1.29 is 9.53 Å². The normalized spacial score (nSPS) is 12.4. The molecule has 0 aliphatic heterocycles. The highest BCUT2D eigenvalue weighted by Crippen LogP contribution is 2.19. The van der Waals surface area contributed by atoms with Gasteiger partial charge in [-0.3, -0.25) is 4.79 Å². The summed E-state index contributed by atoms with van der Waals surface area (Å²) in [6.45, 7) is 4.32. The molecule has 2 heterocycles. The maximum atomic E-state index is 12.5. The van der Waals surface area contributed by atoms with Gasteiger partial charge in [0, 0.05) is 6.54 Å². The Bertz CT molecular complexity index is 1210. The second-order valence-corrected chi connectivity index (χ2v) is 6.12. The van der Waals surface area contributed by atoms with Crippen LogP contribution in [0.4, 0.5) is 0 Å². The number of benzene rings is 2. The van der Waals surface area contributed by atoms with Crippen LogP contribution in [-0.2, 0) is 11.3 Å². The van der Waals surface area contributed by atoms with Gasteiger partial charge < -0.3 is 9.72 Å². The van der Waals surface area contributed by atoms with Gasteiger partial charge in [0.25, 0.3) is 5.56 Å². The van der Waals surface area contributed by atoms with E-state index in [-0.39, 0.29) is 5.56 Å². The van der Waals surface area contributed by atoms with Crippen LogP contribution in [0.1, 0.15) is 36.1 Å². The largest absolute Gasteiger partial charge is 0.451 e. The summed E-state index contributed by atoms with van der Waals surface area (Å²) in [6.07, 6.45) is -0.711. The molecule has 27 heavy (non-hydrogen) atoms. The van der Waals surface area contributed by atoms with Gasteiger partial charge in [0.05, 0.1) is 22.0 Å². The average molecular weight is 363 g/mol. The minimum absolute atomic E-state index is 0.268. The number of fused-ring (bicyclic) bond motifs is 2.